The Kier molecular flexibility index (Phi) is 9.51. The Bertz CT molecular complexity index is 1650. The zero-order valence-corrected chi connectivity index (χ0v) is 26.6. The number of hydrogen-bond acceptors (Lipinski definition) is 5. The summed E-state index contributed by atoms with van der Waals surface area (Å²) in [6.07, 6.45) is -1.80. The number of benzene rings is 2. The highest BCUT2D eigenvalue weighted by atomic mass is 35.5. The van der Waals surface area contributed by atoms with Crippen LogP contribution in [-0.4, -0.2) is 39.4 Å². The lowest BCUT2D eigenvalue weighted by molar-refractivity contribution is -0.137. The van der Waals surface area contributed by atoms with Crippen molar-refractivity contribution in [3.05, 3.63) is 90.8 Å². The minimum atomic E-state index is -4.46. The molecule has 1 fully saturated rings. The molecule has 0 bridgehead atoms. The number of fused-ring (bicyclic) bond motifs is 1. The molecular weight excluding hydrogens is 630 g/mol. The quantitative estimate of drug-likeness (QED) is 0.302. The average molecular weight is 665 g/mol. The van der Waals surface area contributed by atoms with E-state index in [1.54, 1.807) is 35.6 Å². The Morgan fingerprint density at radius 3 is 2.29 bits per heavy atom. The highest BCUT2D eigenvalue weighted by Crippen LogP contribution is 2.36. The lowest BCUT2D eigenvalue weighted by Gasteiger charge is -2.36. The topological polar surface area (TPSA) is 96.3 Å². The van der Waals surface area contributed by atoms with Gasteiger partial charge in [0, 0.05) is 36.2 Å². The number of nitrogens with one attached hydrogen (secondary N) is 2. The van der Waals surface area contributed by atoms with E-state index in [1.165, 1.54) is 18.2 Å². The summed E-state index contributed by atoms with van der Waals surface area (Å²) in [5.74, 6) is -0.181. The van der Waals surface area contributed by atoms with Crippen molar-refractivity contribution in [3.63, 3.8) is 0 Å². The van der Waals surface area contributed by atoms with Gasteiger partial charge in [-0.15, -0.1) is 0 Å². The zero-order valence-electron chi connectivity index (χ0n) is 25.0. The van der Waals surface area contributed by atoms with Gasteiger partial charge in [0.15, 0.2) is 0 Å². The van der Waals surface area contributed by atoms with Crippen molar-refractivity contribution in [3.8, 4) is 0 Å². The van der Waals surface area contributed by atoms with Crippen LogP contribution >= 0.6 is 23.2 Å². The number of amides is 2. The van der Waals surface area contributed by atoms with Gasteiger partial charge < -0.3 is 15.5 Å². The summed E-state index contributed by atoms with van der Waals surface area (Å²) in [7, 11) is 1.60. The second-order valence-electron chi connectivity index (χ2n) is 11.8. The first-order valence-electron chi connectivity index (χ1n) is 14.8. The molecule has 0 saturated heterocycles. The standard InChI is InChI=1S/C32H34Cl2F3N5O3/c1-17-14-24-27(16-41(17)29(44)21-8-13-25(33)26(34)15-21)40-31(39-18(2)19-4-9-22(10-5-19)32(35,36)37)42(30(24)45)23-11-6-20(7-12-23)28(43)38-3/h4-5,8-10,13,15,17-18,20,23H,6-7,11-12,14,16H2,1-3H3,(H,38,43)(H,39,40)/t17-,18+,20?,23?/m1/s1. The molecule has 1 aromatic heterocycles. The van der Waals surface area contributed by atoms with E-state index in [4.69, 9.17) is 28.2 Å². The molecule has 13 heteroatoms. The first-order valence-corrected chi connectivity index (χ1v) is 15.6. The van der Waals surface area contributed by atoms with Gasteiger partial charge in [-0.2, -0.15) is 13.2 Å². The highest BCUT2D eigenvalue weighted by molar-refractivity contribution is 6.42. The Labute approximate surface area is 268 Å². The molecule has 5 rings (SSSR count). The summed E-state index contributed by atoms with van der Waals surface area (Å²) in [4.78, 5) is 46.5. The van der Waals surface area contributed by atoms with Crippen molar-refractivity contribution >= 4 is 41.0 Å². The number of hydrogen-bond donors (Lipinski definition) is 2. The van der Waals surface area contributed by atoms with Crippen LogP contribution in [-0.2, 0) is 23.9 Å². The molecule has 2 atom stereocenters. The maximum atomic E-state index is 14.2. The molecule has 0 radical (unpaired) electrons. The molecule has 1 aliphatic carbocycles. The van der Waals surface area contributed by atoms with Crippen LogP contribution in [0, 0.1) is 5.92 Å². The minimum absolute atomic E-state index is 0.0285. The number of rotatable bonds is 6. The second kappa shape index (κ2) is 13.0. The molecule has 0 unspecified atom stereocenters. The van der Waals surface area contributed by atoms with Crippen LogP contribution in [0.5, 0.6) is 0 Å². The maximum absolute atomic E-state index is 14.2. The molecule has 2 aromatic carbocycles. The summed E-state index contributed by atoms with van der Waals surface area (Å²) < 4.78 is 41.1. The van der Waals surface area contributed by atoms with E-state index in [1.807, 2.05) is 6.92 Å². The van der Waals surface area contributed by atoms with E-state index in [0.717, 1.165) is 12.1 Å². The molecule has 2 aliphatic rings. The first-order chi connectivity index (χ1) is 21.3. The fourth-order valence-corrected chi connectivity index (χ4v) is 6.52. The first kappa shape index (κ1) is 32.8. The van der Waals surface area contributed by atoms with E-state index in [-0.39, 0.29) is 59.3 Å². The number of carbonyl (C=O) groups excluding carboxylic acids is 2. The second-order valence-corrected chi connectivity index (χ2v) is 12.6. The summed E-state index contributed by atoms with van der Waals surface area (Å²) >= 11 is 12.2. The third-order valence-corrected chi connectivity index (χ3v) is 9.58. The van der Waals surface area contributed by atoms with Crippen LogP contribution in [0.25, 0.3) is 0 Å². The van der Waals surface area contributed by atoms with Gasteiger partial charge >= 0.3 is 6.18 Å². The Hall–Kier alpha value is -3.57. The van der Waals surface area contributed by atoms with E-state index in [9.17, 15) is 27.6 Å². The lowest BCUT2D eigenvalue weighted by Crippen LogP contribution is -2.46. The van der Waals surface area contributed by atoms with Crippen LogP contribution in [0.4, 0.5) is 19.1 Å². The Balaban J connectivity index is 1.50. The Morgan fingerprint density at radius 1 is 1.02 bits per heavy atom. The van der Waals surface area contributed by atoms with Gasteiger partial charge in [-0.05, 0) is 81.8 Å². The normalized spacial score (nSPS) is 20.7. The largest absolute Gasteiger partial charge is 0.416 e. The van der Waals surface area contributed by atoms with Crippen LogP contribution in [0.3, 0.4) is 0 Å². The lowest BCUT2D eigenvalue weighted by atomic mass is 9.85. The highest BCUT2D eigenvalue weighted by Gasteiger charge is 2.35. The SMILES string of the molecule is CNC(=O)C1CCC(n2c(N[C@@H](C)c3ccc(C(F)(F)F)cc3)nc3c(c2=O)C[C@@H](C)N(C(=O)c2ccc(Cl)c(Cl)c2)C3)CC1. The summed E-state index contributed by atoms with van der Waals surface area (Å²) in [5.41, 5.74) is 0.922. The van der Waals surface area contributed by atoms with Crippen LogP contribution in [0.15, 0.2) is 47.3 Å². The minimum Gasteiger partial charge on any atom is -0.359 e. The molecule has 1 aliphatic heterocycles. The summed E-state index contributed by atoms with van der Waals surface area (Å²) in [5, 5.41) is 6.55. The third kappa shape index (κ3) is 6.84. The smallest absolute Gasteiger partial charge is 0.359 e. The van der Waals surface area contributed by atoms with Gasteiger partial charge in [0.2, 0.25) is 11.9 Å². The number of nitrogens with zero attached hydrogens (tertiary/aromatic N) is 3. The van der Waals surface area contributed by atoms with Crippen molar-refractivity contribution in [1.29, 1.82) is 0 Å². The fraction of sp³-hybridized carbons (Fsp3) is 0.438. The molecule has 240 valence electrons. The van der Waals surface area contributed by atoms with Gasteiger partial charge in [-0.25, -0.2) is 4.98 Å². The predicted octanol–water partition coefficient (Wildman–Crippen LogP) is 6.81. The molecule has 2 heterocycles. The monoisotopic (exact) mass is 663 g/mol. The van der Waals surface area contributed by atoms with Crippen molar-refractivity contribution in [2.75, 3.05) is 12.4 Å². The van der Waals surface area contributed by atoms with Crippen LogP contribution in [0.1, 0.15) is 84.4 Å². The van der Waals surface area contributed by atoms with Crippen molar-refractivity contribution in [1.82, 2.24) is 19.8 Å². The van der Waals surface area contributed by atoms with E-state index >= 15 is 0 Å². The maximum Gasteiger partial charge on any atom is 0.416 e. The van der Waals surface area contributed by atoms with Crippen molar-refractivity contribution in [2.45, 2.75) is 76.8 Å². The molecule has 8 nitrogen and oxygen atoms in total. The molecule has 2 N–H and O–H groups in total. The number of anilines is 1. The third-order valence-electron chi connectivity index (χ3n) is 8.84. The number of aromatic nitrogens is 2. The Morgan fingerprint density at radius 2 is 1.69 bits per heavy atom. The predicted molar refractivity (Wildman–Crippen MR) is 167 cm³/mol. The molecule has 45 heavy (non-hydrogen) atoms. The molecule has 3 aromatic rings. The summed E-state index contributed by atoms with van der Waals surface area (Å²) in [6.45, 7) is 3.73. The van der Waals surface area contributed by atoms with Gasteiger partial charge in [-0.1, -0.05) is 35.3 Å². The van der Waals surface area contributed by atoms with Gasteiger partial charge in [0.25, 0.3) is 11.5 Å². The van der Waals surface area contributed by atoms with Crippen molar-refractivity contribution in [2.24, 2.45) is 5.92 Å². The van der Waals surface area contributed by atoms with Crippen LogP contribution < -0.4 is 16.2 Å². The summed E-state index contributed by atoms with van der Waals surface area (Å²) in [6, 6.07) is 8.46. The van der Waals surface area contributed by atoms with Gasteiger partial charge in [-0.3, -0.25) is 19.0 Å². The van der Waals surface area contributed by atoms with E-state index < -0.39 is 17.8 Å². The molecule has 1 saturated carbocycles. The van der Waals surface area contributed by atoms with Gasteiger partial charge in [0.05, 0.1) is 33.9 Å². The van der Waals surface area contributed by atoms with E-state index in [2.05, 4.69) is 10.6 Å². The molecular formula is C32H34Cl2F3N5O3. The zero-order chi connectivity index (χ0) is 32.6. The fourth-order valence-electron chi connectivity index (χ4n) is 6.22. The van der Waals surface area contributed by atoms with Gasteiger partial charge in [0.1, 0.15) is 0 Å². The van der Waals surface area contributed by atoms with E-state index in [0.29, 0.717) is 53.1 Å². The number of alkyl halides is 3. The number of carbonyl (C=O) groups is 2. The number of halogens is 5. The van der Waals surface area contributed by atoms with Crippen molar-refractivity contribution < 1.29 is 22.8 Å². The molecule has 2 amide bonds. The molecule has 0 spiro atoms. The average Bonchev–Trinajstić information content (AvgIpc) is 3.01. The van der Waals surface area contributed by atoms with Crippen LogP contribution in [0.2, 0.25) is 10.0 Å².